The fraction of sp³-hybridized carbons (Fsp3) is 0.536. The van der Waals surface area contributed by atoms with Gasteiger partial charge in [0.2, 0.25) is 5.95 Å². The summed E-state index contributed by atoms with van der Waals surface area (Å²) in [5, 5.41) is 9.50. The number of halogens is 1. The Balaban J connectivity index is 1.08. The SMILES string of the molecule is C[C@@H]1CN(c2ccc(C#N)c3nccnc23)C[C@H](CN2CCN(c3ccnc(N4CC[C@@H](N)[C@H](F)C4)n3)CC2)O1. The molecule has 210 valence electrons. The first-order valence-corrected chi connectivity index (χ1v) is 14.0. The van der Waals surface area contributed by atoms with E-state index in [-0.39, 0.29) is 18.8 Å². The number of rotatable bonds is 5. The molecule has 3 aromatic rings. The molecule has 0 saturated carbocycles. The molecule has 4 atom stereocenters. The van der Waals surface area contributed by atoms with E-state index >= 15 is 0 Å². The fourth-order valence-corrected chi connectivity index (χ4v) is 5.95. The highest BCUT2D eigenvalue weighted by molar-refractivity contribution is 5.92. The lowest BCUT2D eigenvalue weighted by Gasteiger charge is -2.42. The van der Waals surface area contributed by atoms with Crippen molar-refractivity contribution in [3.63, 3.8) is 0 Å². The van der Waals surface area contributed by atoms with Crippen molar-refractivity contribution in [1.82, 2.24) is 24.8 Å². The van der Waals surface area contributed by atoms with Crippen LogP contribution in [0.4, 0.5) is 21.8 Å². The zero-order valence-electron chi connectivity index (χ0n) is 22.7. The van der Waals surface area contributed by atoms with Crippen LogP contribution >= 0.6 is 0 Å². The molecule has 1 aromatic carbocycles. The molecule has 3 fully saturated rings. The van der Waals surface area contributed by atoms with Crippen molar-refractivity contribution in [2.75, 3.05) is 73.6 Å². The van der Waals surface area contributed by atoms with Crippen molar-refractivity contribution in [2.24, 2.45) is 5.73 Å². The Morgan fingerprint density at radius 1 is 0.950 bits per heavy atom. The number of benzene rings is 1. The van der Waals surface area contributed by atoms with E-state index in [4.69, 9.17) is 15.5 Å². The van der Waals surface area contributed by atoms with E-state index in [0.717, 1.165) is 62.8 Å². The van der Waals surface area contributed by atoms with Crippen LogP contribution in [0.2, 0.25) is 0 Å². The van der Waals surface area contributed by atoms with Gasteiger partial charge >= 0.3 is 0 Å². The molecule has 40 heavy (non-hydrogen) atoms. The number of nitrogens with zero attached hydrogens (tertiary/aromatic N) is 9. The maximum absolute atomic E-state index is 14.2. The van der Waals surface area contributed by atoms with Gasteiger partial charge in [0.1, 0.15) is 29.1 Å². The maximum atomic E-state index is 14.2. The Labute approximate surface area is 233 Å². The van der Waals surface area contributed by atoms with Crippen molar-refractivity contribution < 1.29 is 9.13 Å². The van der Waals surface area contributed by atoms with Gasteiger partial charge in [-0.05, 0) is 31.5 Å². The van der Waals surface area contributed by atoms with Gasteiger partial charge < -0.3 is 25.2 Å². The molecule has 0 unspecified atom stereocenters. The van der Waals surface area contributed by atoms with Crippen molar-refractivity contribution in [3.8, 4) is 6.07 Å². The van der Waals surface area contributed by atoms with Crippen molar-refractivity contribution in [1.29, 1.82) is 5.26 Å². The van der Waals surface area contributed by atoms with Crippen LogP contribution in [0, 0.1) is 11.3 Å². The summed E-state index contributed by atoms with van der Waals surface area (Å²) in [7, 11) is 0. The molecule has 3 saturated heterocycles. The zero-order chi connectivity index (χ0) is 27.6. The summed E-state index contributed by atoms with van der Waals surface area (Å²) in [6, 6.07) is 7.55. The number of hydrogen-bond donors (Lipinski definition) is 1. The topological polar surface area (TPSA) is 124 Å². The Kier molecular flexibility index (Phi) is 7.60. The minimum absolute atomic E-state index is 0.0439. The Bertz CT molecular complexity index is 1380. The molecule has 5 heterocycles. The highest BCUT2D eigenvalue weighted by Crippen LogP contribution is 2.29. The molecule has 12 heteroatoms. The van der Waals surface area contributed by atoms with Crippen molar-refractivity contribution >= 4 is 28.5 Å². The van der Waals surface area contributed by atoms with Crippen LogP contribution < -0.4 is 20.4 Å². The van der Waals surface area contributed by atoms with E-state index in [1.165, 1.54) is 0 Å². The molecule has 3 aliphatic rings. The number of nitriles is 1. The standard InChI is InChI=1S/C28H35FN10O/c1-19-15-39(24-3-2-20(14-30)26-27(24)33-8-7-32-26)17-21(40-19)16-36-10-12-37(13-11-36)25-4-6-34-28(35-25)38-9-5-23(31)22(29)18-38/h2-4,6-8,19,21-23H,5,9-13,15-18,31H2,1H3/t19-,21+,22-,23-/m1/s1. The number of piperazine rings is 1. The van der Waals surface area contributed by atoms with Gasteiger partial charge in [0, 0.05) is 77.0 Å². The second kappa shape index (κ2) is 11.4. The largest absolute Gasteiger partial charge is 0.370 e. The van der Waals surface area contributed by atoms with Gasteiger partial charge in [-0.15, -0.1) is 0 Å². The van der Waals surface area contributed by atoms with Crippen LogP contribution in [0.15, 0.2) is 36.8 Å². The number of hydrogen-bond acceptors (Lipinski definition) is 11. The van der Waals surface area contributed by atoms with Gasteiger partial charge in [-0.3, -0.25) is 14.9 Å². The normalized spacial score (nSPS) is 26.2. The number of fused-ring (bicyclic) bond motifs is 1. The number of alkyl halides is 1. The van der Waals surface area contributed by atoms with Gasteiger partial charge in [-0.25, -0.2) is 9.37 Å². The van der Waals surface area contributed by atoms with E-state index in [2.05, 4.69) is 42.6 Å². The lowest BCUT2D eigenvalue weighted by Crippen LogP contribution is -2.54. The molecule has 11 nitrogen and oxygen atoms in total. The molecule has 0 bridgehead atoms. The van der Waals surface area contributed by atoms with E-state index in [0.29, 0.717) is 30.0 Å². The predicted molar refractivity (Wildman–Crippen MR) is 151 cm³/mol. The number of ether oxygens (including phenoxy) is 1. The third-order valence-electron chi connectivity index (χ3n) is 8.05. The lowest BCUT2D eigenvalue weighted by atomic mass is 10.0. The van der Waals surface area contributed by atoms with Crippen LogP contribution in [0.1, 0.15) is 18.9 Å². The summed E-state index contributed by atoms with van der Waals surface area (Å²) in [6.07, 6.45) is 4.71. The lowest BCUT2D eigenvalue weighted by molar-refractivity contribution is -0.0327. The van der Waals surface area contributed by atoms with Gasteiger partial charge in [0.25, 0.3) is 0 Å². The molecule has 3 aliphatic heterocycles. The average molecular weight is 547 g/mol. The molecule has 0 radical (unpaired) electrons. The van der Waals surface area contributed by atoms with Crippen LogP contribution in [0.5, 0.6) is 0 Å². The Morgan fingerprint density at radius 3 is 2.52 bits per heavy atom. The van der Waals surface area contributed by atoms with Crippen LogP contribution in [0.3, 0.4) is 0 Å². The van der Waals surface area contributed by atoms with E-state index in [9.17, 15) is 9.65 Å². The Hall–Kier alpha value is -3.66. The van der Waals surface area contributed by atoms with Gasteiger partial charge in [0.05, 0.1) is 30.0 Å². The summed E-state index contributed by atoms with van der Waals surface area (Å²) in [5.41, 5.74) is 8.75. The maximum Gasteiger partial charge on any atom is 0.227 e. The van der Waals surface area contributed by atoms with Gasteiger partial charge in [-0.2, -0.15) is 10.2 Å². The molecule has 2 N–H and O–H groups in total. The van der Waals surface area contributed by atoms with E-state index in [1.54, 1.807) is 18.6 Å². The first-order chi connectivity index (χ1) is 19.5. The summed E-state index contributed by atoms with van der Waals surface area (Å²) < 4.78 is 20.5. The Morgan fingerprint density at radius 2 is 1.75 bits per heavy atom. The third kappa shape index (κ3) is 5.50. The number of piperidine rings is 1. The average Bonchev–Trinajstić information content (AvgIpc) is 2.98. The molecular weight excluding hydrogens is 511 g/mol. The molecule has 0 spiro atoms. The van der Waals surface area contributed by atoms with E-state index in [1.807, 2.05) is 23.1 Å². The van der Waals surface area contributed by atoms with Crippen molar-refractivity contribution in [3.05, 3.63) is 42.4 Å². The number of morpholine rings is 1. The number of aromatic nitrogens is 4. The highest BCUT2D eigenvalue weighted by Gasteiger charge is 2.31. The molecular formula is C28H35FN10O. The van der Waals surface area contributed by atoms with Crippen LogP contribution in [-0.4, -0.2) is 108 Å². The van der Waals surface area contributed by atoms with Gasteiger partial charge in [0.15, 0.2) is 0 Å². The first kappa shape index (κ1) is 26.6. The minimum atomic E-state index is -1.06. The molecule has 0 amide bonds. The summed E-state index contributed by atoms with van der Waals surface area (Å²) in [6.45, 7) is 8.80. The quantitative estimate of drug-likeness (QED) is 0.502. The summed E-state index contributed by atoms with van der Waals surface area (Å²) in [4.78, 5) is 27.1. The van der Waals surface area contributed by atoms with Crippen LogP contribution in [0.25, 0.3) is 11.0 Å². The van der Waals surface area contributed by atoms with Crippen molar-refractivity contribution in [2.45, 2.75) is 37.8 Å². The monoisotopic (exact) mass is 546 g/mol. The van der Waals surface area contributed by atoms with E-state index < -0.39 is 12.2 Å². The molecule has 2 aromatic heterocycles. The highest BCUT2D eigenvalue weighted by atomic mass is 19.1. The summed E-state index contributed by atoms with van der Waals surface area (Å²) >= 11 is 0. The number of nitrogens with two attached hydrogens (primary N) is 1. The fourth-order valence-electron chi connectivity index (χ4n) is 5.95. The molecule has 6 rings (SSSR count). The first-order valence-electron chi connectivity index (χ1n) is 14.0. The van der Waals surface area contributed by atoms with Gasteiger partial charge in [-0.1, -0.05) is 0 Å². The predicted octanol–water partition coefficient (Wildman–Crippen LogP) is 1.58. The third-order valence-corrected chi connectivity index (χ3v) is 8.05. The smallest absolute Gasteiger partial charge is 0.227 e. The second-order valence-electron chi connectivity index (χ2n) is 10.9. The zero-order valence-corrected chi connectivity index (χ0v) is 22.7. The minimum Gasteiger partial charge on any atom is -0.370 e. The second-order valence-corrected chi connectivity index (χ2v) is 10.9. The summed E-state index contributed by atoms with van der Waals surface area (Å²) in [5.74, 6) is 1.44. The van der Waals surface area contributed by atoms with Crippen LogP contribution in [-0.2, 0) is 4.74 Å². The molecule has 0 aliphatic carbocycles. The number of anilines is 3.